The van der Waals surface area contributed by atoms with Crippen LogP contribution in [-0.4, -0.2) is 24.3 Å². The van der Waals surface area contributed by atoms with Crippen molar-refractivity contribution in [3.8, 4) is 6.07 Å². The molecule has 0 saturated heterocycles. The average Bonchev–Trinajstić information content (AvgIpc) is 2.99. The number of aliphatic hydroxyl groups excluding tert-OH is 1. The van der Waals surface area contributed by atoms with Gasteiger partial charge in [-0.05, 0) is 37.0 Å². The minimum atomic E-state index is -0.159. The standard InChI is InChI=1S/C11H18N2O/c12-6-5-11(3-4-11)8-13-7-10(14)9-1-2-9/h9-10,13-14H,1-5,7-8H2. The molecular formula is C11H18N2O. The van der Waals surface area contributed by atoms with E-state index in [1.54, 1.807) is 0 Å². The maximum Gasteiger partial charge on any atom is 0.0692 e. The van der Waals surface area contributed by atoms with E-state index in [-0.39, 0.29) is 11.5 Å². The van der Waals surface area contributed by atoms with Crippen LogP contribution in [0.2, 0.25) is 0 Å². The highest BCUT2D eigenvalue weighted by Gasteiger charge is 2.42. The van der Waals surface area contributed by atoms with Gasteiger partial charge >= 0.3 is 0 Å². The van der Waals surface area contributed by atoms with Gasteiger partial charge in [0.15, 0.2) is 0 Å². The first-order chi connectivity index (χ1) is 6.76. The van der Waals surface area contributed by atoms with Crippen LogP contribution in [0.15, 0.2) is 0 Å². The molecule has 0 aliphatic heterocycles. The topological polar surface area (TPSA) is 56.0 Å². The second-order valence-electron chi connectivity index (χ2n) is 4.87. The molecule has 0 heterocycles. The van der Waals surface area contributed by atoms with Crippen molar-refractivity contribution in [3.05, 3.63) is 0 Å². The highest BCUT2D eigenvalue weighted by molar-refractivity contribution is 5.00. The zero-order valence-corrected chi connectivity index (χ0v) is 8.50. The zero-order valence-electron chi connectivity index (χ0n) is 8.50. The van der Waals surface area contributed by atoms with E-state index in [0.29, 0.717) is 18.9 Å². The number of nitriles is 1. The lowest BCUT2D eigenvalue weighted by atomic mass is 10.0. The predicted molar refractivity (Wildman–Crippen MR) is 53.5 cm³/mol. The molecule has 78 valence electrons. The summed E-state index contributed by atoms with van der Waals surface area (Å²) in [5, 5.41) is 21.5. The van der Waals surface area contributed by atoms with Crippen molar-refractivity contribution < 1.29 is 5.11 Å². The van der Waals surface area contributed by atoms with Crippen LogP contribution in [0.25, 0.3) is 0 Å². The Morgan fingerprint density at radius 3 is 2.71 bits per heavy atom. The van der Waals surface area contributed by atoms with Gasteiger partial charge in [0.05, 0.1) is 12.2 Å². The van der Waals surface area contributed by atoms with Gasteiger partial charge in [-0.2, -0.15) is 5.26 Å². The van der Waals surface area contributed by atoms with Crippen LogP contribution >= 0.6 is 0 Å². The molecule has 0 spiro atoms. The van der Waals surface area contributed by atoms with Crippen molar-refractivity contribution in [2.75, 3.05) is 13.1 Å². The van der Waals surface area contributed by atoms with Gasteiger partial charge in [-0.3, -0.25) is 0 Å². The quantitative estimate of drug-likeness (QED) is 0.664. The third kappa shape index (κ3) is 2.46. The van der Waals surface area contributed by atoms with Crippen molar-refractivity contribution in [1.82, 2.24) is 5.32 Å². The van der Waals surface area contributed by atoms with Gasteiger partial charge in [-0.25, -0.2) is 0 Å². The summed E-state index contributed by atoms with van der Waals surface area (Å²) in [7, 11) is 0. The molecule has 2 saturated carbocycles. The van der Waals surface area contributed by atoms with Crippen molar-refractivity contribution in [2.24, 2.45) is 11.3 Å². The first-order valence-corrected chi connectivity index (χ1v) is 5.51. The molecule has 2 aliphatic carbocycles. The molecule has 0 aromatic rings. The number of rotatable bonds is 6. The molecule has 14 heavy (non-hydrogen) atoms. The van der Waals surface area contributed by atoms with E-state index in [4.69, 9.17) is 5.26 Å². The predicted octanol–water partition coefficient (Wildman–Crippen LogP) is 1.04. The van der Waals surface area contributed by atoms with Gasteiger partial charge in [0.25, 0.3) is 0 Å². The summed E-state index contributed by atoms with van der Waals surface area (Å²) < 4.78 is 0. The Morgan fingerprint density at radius 1 is 1.50 bits per heavy atom. The van der Waals surface area contributed by atoms with Crippen LogP contribution in [0.4, 0.5) is 0 Å². The highest BCUT2D eigenvalue weighted by atomic mass is 16.3. The molecular weight excluding hydrogens is 176 g/mol. The van der Waals surface area contributed by atoms with Gasteiger partial charge < -0.3 is 10.4 Å². The summed E-state index contributed by atoms with van der Waals surface area (Å²) in [5.41, 5.74) is 0.262. The largest absolute Gasteiger partial charge is 0.392 e. The summed E-state index contributed by atoms with van der Waals surface area (Å²) in [5.74, 6) is 0.550. The van der Waals surface area contributed by atoms with Crippen LogP contribution in [0.5, 0.6) is 0 Å². The normalized spacial score (nSPS) is 25.4. The van der Waals surface area contributed by atoms with Crippen molar-refractivity contribution >= 4 is 0 Å². The first-order valence-electron chi connectivity index (χ1n) is 5.51. The maximum atomic E-state index is 9.61. The van der Waals surface area contributed by atoms with Gasteiger partial charge in [0.2, 0.25) is 0 Å². The molecule has 2 N–H and O–H groups in total. The molecule has 0 amide bonds. The number of aliphatic hydroxyl groups is 1. The Bertz CT molecular complexity index is 238. The Morgan fingerprint density at radius 2 is 2.21 bits per heavy atom. The number of hydrogen-bond acceptors (Lipinski definition) is 3. The second kappa shape index (κ2) is 3.88. The Hall–Kier alpha value is -0.590. The fourth-order valence-electron chi connectivity index (χ4n) is 1.89. The van der Waals surface area contributed by atoms with E-state index >= 15 is 0 Å². The number of hydrogen-bond donors (Lipinski definition) is 2. The molecule has 0 aromatic heterocycles. The molecule has 0 aromatic carbocycles. The first kappa shape index (κ1) is 9.95. The van der Waals surface area contributed by atoms with E-state index in [2.05, 4.69) is 11.4 Å². The number of nitrogens with one attached hydrogen (secondary N) is 1. The third-order valence-corrected chi connectivity index (χ3v) is 3.43. The third-order valence-electron chi connectivity index (χ3n) is 3.43. The summed E-state index contributed by atoms with van der Waals surface area (Å²) in [6.45, 7) is 1.61. The monoisotopic (exact) mass is 194 g/mol. The van der Waals surface area contributed by atoms with Crippen molar-refractivity contribution in [2.45, 2.75) is 38.2 Å². The molecule has 0 bridgehead atoms. The van der Waals surface area contributed by atoms with Gasteiger partial charge in [-0.15, -0.1) is 0 Å². The number of nitrogens with zero attached hydrogens (tertiary/aromatic N) is 1. The Balaban J connectivity index is 1.60. The summed E-state index contributed by atoms with van der Waals surface area (Å²) in [6, 6.07) is 2.24. The maximum absolute atomic E-state index is 9.61. The highest BCUT2D eigenvalue weighted by Crippen LogP contribution is 2.47. The Kier molecular flexibility index (Phi) is 2.76. The van der Waals surface area contributed by atoms with Crippen LogP contribution in [0.3, 0.4) is 0 Å². The van der Waals surface area contributed by atoms with E-state index in [1.165, 1.54) is 25.7 Å². The van der Waals surface area contributed by atoms with Crippen LogP contribution < -0.4 is 5.32 Å². The fraction of sp³-hybridized carbons (Fsp3) is 0.909. The summed E-state index contributed by atoms with van der Waals surface area (Å²) in [4.78, 5) is 0. The van der Waals surface area contributed by atoms with Crippen molar-refractivity contribution in [1.29, 1.82) is 5.26 Å². The molecule has 2 fully saturated rings. The van der Waals surface area contributed by atoms with Crippen molar-refractivity contribution in [3.63, 3.8) is 0 Å². The minimum absolute atomic E-state index is 0.159. The lowest BCUT2D eigenvalue weighted by molar-refractivity contribution is 0.146. The van der Waals surface area contributed by atoms with E-state index in [1.807, 2.05) is 0 Å². The Labute approximate surface area is 85.1 Å². The van der Waals surface area contributed by atoms with Crippen LogP contribution in [-0.2, 0) is 0 Å². The molecule has 2 rings (SSSR count). The van der Waals surface area contributed by atoms with Crippen LogP contribution in [0.1, 0.15) is 32.1 Å². The second-order valence-corrected chi connectivity index (χ2v) is 4.87. The minimum Gasteiger partial charge on any atom is -0.392 e. The molecule has 1 atom stereocenters. The molecule has 0 radical (unpaired) electrons. The van der Waals surface area contributed by atoms with Crippen LogP contribution in [0, 0.1) is 22.7 Å². The molecule has 2 aliphatic rings. The summed E-state index contributed by atoms with van der Waals surface area (Å²) in [6.07, 6.45) is 5.23. The molecule has 3 heteroatoms. The lowest BCUT2D eigenvalue weighted by Gasteiger charge is -2.15. The molecule has 3 nitrogen and oxygen atoms in total. The molecule has 1 unspecified atom stereocenters. The smallest absolute Gasteiger partial charge is 0.0692 e. The van der Waals surface area contributed by atoms with E-state index < -0.39 is 0 Å². The van der Waals surface area contributed by atoms with Gasteiger partial charge in [0.1, 0.15) is 0 Å². The van der Waals surface area contributed by atoms with E-state index in [9.17, 15) is 5.11 Å². The summed E-state index contributed by atoms with van der Waals surface area (Å²) >= 11 is 0. The fourth-order valence-corrected chi connectivity index (χ4v) is 1.89. The van der Waals surface area contributed by atoms with Gasteiger partial charge in [0, 0.05) is 19.5 Å². The lowest BCUT2D eigenvalue weighted by Crippen LogP contribution is -2.32. The SMILES string of the molecule is N#CCC1(CNCC(O)C2CC2)CC1. The van der Waals surface area contributed by atoms with E-state index in [0.717, 1.165) is 6.54 Å². The average molecular weight is 194 g/mol. The zero-order chi connectivity index (χ0) is 10.0. The van der Waals surface area contributed by atoms with Gasteiger partial charge in [-0.1, -0.05) is 0 Å².